The molecule has 7 heteroatoms. The van der Waals surface area contributed by atoms with E-state index in [2.05, 4.69) is 5.32 Å². The minimum absolute atomic E-state index is 0.00789. The summed E-state index contributed by atoms with van der Waals surface area (Å²) in [5, 5.41) is 13.4. The van der Waals surface area contributed by atoms with Gasteiger partial charge in [-0.15, -0.1) is 0 Å². The summed E-state index contributed by atoms with van der Waals surface area (Å²) >= 11 is 6.04. The van der Waals surface area contributed by atoms with E-state index >= 15 is 0 Å². The van der Waals surface area contributed by atoms with Crippen LogP contribution in [0.15, 0.2) is 24.3 Å². The maximum Gasteiger partial charge on any atom is 0.325 e. The van der Waals surface area contributed by atoms with Gasteiger partial charge in [0.05, 0.1) is 25.9 Å². The summed E-state index contributed by atoms with van der Waals surface area (Å²) in [4.78, 5) is 25.6. The van der Waals surface area contributed by atoms with Gasteiger partial charge >= 0.3 is 6.03 Å². The van der Waals surface area contributed by atoms with Crippen molar-refractivity contribution in [3.63, 3.8) is 0 Å². The van der Waals surface area contributed by atoms with Gasteiger partial charge < -0.3 is 15.2 Å². The number of β-amino-alcohol motifs (C(OH)–C–C–N with tert-alkyl or cyclic N) is 1. The molecular formula is C18H25ClN2O4. The Morgan fingerprint density at radius 2 is 2.08 bits per heavy atom. The van der Waals surface area contributed by atoms with Gasteiger partial charge in [-0.1, -0.05) is 49.6 Å². The molecule has 0 aromatic heterocycles. The molecule has 2 atom stereocenters. The average Bonchev–Trinajstić information content (AvgIpc) is 2.78. The summed E-state index contributed by atoms with van der Waals surface area (Å²) in [7, 11) is 0. The Morgan fingerprint density at radius 1 is 1.36 bits per heavy atom. The van der Waals surface area contributed by atoms with Crippen LogP contribution >= 0.6 is 11.6 Å². The standard InChI is InChI=1S/C18H25ClN2O4/c1-3-4-9-18(2)16(23)21(17(24)20-18)10-14(22)12-25-11-13-7-5-6-8-15(13)19/h5-8,14,22H,3-4,9-12H2,1-2H3,(H,20,24)/t14-,18+/m1/s1. The van der Waals surface area contributed by atoms with Gasteiger partial charge in [-0.05, 0) is 25.0 Å². The summed E-state index contributed by atoms with van der Waals surface area (Å²) in [6, 6.07) is 6.82. The van der Waals surface area contributed by atoms with Crippen LogP contribution in [0.2, 0.25) is 5.02 Å². The Labute approximate surface area is 153 Å². The molecule has 1 fully saturated rings. The number of urea groups is 1. The van der Waals surface area contributed by atoms with Crippen molar-refractivity contribution in [2.75, 3.05) is 13.2 Å². The average molecular weight is 369 g/mol. The maximum absolute atomic E-state index is 12.5. The summed E-state index contributed by atoms with van der Waals surface area (Å²) in [6.07, 6.45) is 1.42. The first kappa shape index (κ1) is 19.7. The lowest BCUT2D eigenvalue weighted by Gasteiger charge is -2.22. The van der Waals surface area contributed by atoms with Crippen LogP contribution in [0.4, 0.5) is 4.79 Å². The Hall–Kier alpha value is -1.63. The van der Waals surface area contributed by atoms with E-state index in [-0.39, 0.29) is 25.7 Å². The first-order valence-electron chi connectivity index (χ1n) is 8.50. The van der Waals surface area contributed by atoms with Crippen LogP contribution in [-0.4, -0.2) is 46.7 Å². The van der Waals surface area contributed by atoms with Crippen LogP contribution in [0.3, 0.4) is 0 Å². The fourth-order valence-electron chi connectivity index (χ4n) is 2.80. The second kappa shape index (κ2) is 8.65. The number of hydrogen-bond donors (Lipinski definition) is 2. The van der Waals surface area contributed by atoms with Crippen molar-refractivity contribution < 1.29 is 19.4 Å². The molecule has 0 bridgehead atoms. The molecule has 6 nitrogen and oxygen atoms in total. The molecule has 0 aliphatic carbocycles. The number of amides is 3. The van der Waals surface area contributed by atoms with Crippen LogP contribution < -0.4 is 5.32 Å². The van der Waals surface area contributed by atoms with Crippen LogP contribution in [0, 0.1) is 0 Å². The number of carbonyl (C=O) groups excluding carboxylic acids is 2. The minimum atomic E-state index is -0.953. The third-order valence-corrected chi connectivity index (χ3v) is 4.66. The number of halogens is 1. The first-order valence-corrected chi connectivity index (χ1v) is 8.88. The number of nitrogens with one attached hydrogen (secondary N) is 1. The Kier molecular flexibility index (Phi) is 6.81. The molecule has 2 rings (SSSR count). The smallest absolute Gasteiger partial charge is 0.325 e. The Bertz CT molecular complexity index is 625. The van der Waals surface area contributed by atoms with E-state index in [1.165, 1.54) is 0 Å². The highest BCUT2D eigenvalue weighted by molar-refractivity contribution is 6.31. The number of nitrogens with zero attached hydrogens (tertiary/aromatic N) is 1. The number of aliphatic hydroxyl groups excluding tert-OH is 1. The lowest BCUT2D eigenvalue weighted by Crippen LogP contribution is -2.44. The summed E-state index contributed by atoms with van der Waals surface area (Å²) in [5.41, 5.74) is -0.0656. The number of benzene rings is 1. The van der Waals surface area contributed by atoms with Gasteiger partial charge in [0, 0.05) is 5.02 Å². The number of aliphatic hydroxyl groups is 1. The van der Waals surface area contributed by atoms with E-state index in [4.69, 9.17) is 16.3 Å². The summed E-state index contributed by atoms with van der Waals surface area (Å²) in [6.45, 7) is 3.93. The van der Waals surface area contributed by atoms with Crippen LogP contribution in [-0.2, 0) is 16.1 Å². The molecule has 0 unspecified atom stereocenters. The molecule has 1 aliphatic heterocycles. The molecule has 0 spiro atoms. The molecular weight excluding hydrogens is 344 g/mol. The van der Waals surface area contributed by atoms with E-state index in [0.717, 1.165) is 23.3 Å². The highest BCUT2D eigenvalue weighted by Gasteiger charge is 2.47. The highest BCUT2D eigenvalue weighted by atomic mass is 35.5. The topological polar surface area (TPSA) is 78.9 Å². The van der Waals surface area contributed by atoms with Crippen molar-refractivity contribution in [3.05, 3.63) is 34.9 Å². The molecule has 3 amide bonds. The van der Waals surface area contributed by atoms with Crippen molar-refractivity contribution in [1.29, 1.82) is 0 Å². The van der Waals surface area contributed by atoms with Gasteiger partial charge in [0.15, 0.2) is 0 Å². The van der Waals surface area contributed by atoms with Gasteiger partial charge in [-0.2, -0.15) is 0 Å². The van der Waals surface area contributed by atoms with Crippen molar-refractivity contribution in [2.45, 2.75) is 51.4 Å². The molecule has 1 aliphatic rings. The number of ether oxygens (including phenoxy) is 1. The largest absolute Gasteiger partial charge is 0.389 e. The van der Waals surface area contributed by atoms with Gasteiger partial charge in [0.2, 0.25) is 0 Å². The van der Waals surface area contributed by atoms with Crippen molar-refractivity contribution in [3.8, 4) is 0 Å². The molecule has 1 saturated heterocycles. The number of unbranched alkanes of at least 4 members (excludes halogenated alkanes) is 1. The fourth-order valence-corrected chi connectivity index (χ4v) is 2.99. The summed E-state index contributed by atoms with van der Waals surface area (Å²) in [5.74, 6) is -0.295. The van der Waals surface area contributed by atoms with Gasteiger partial charge in [0.1, 0.15) is 5.54 Å². The van der Waals surface area contributed by atoms with Gasteiger partial charge in [-0.25, -0.2) is 4.79 Å². The van der Waals surface area contributed by atoms with E-state index in [1.807, 2.05) is 25.1 Å². The van der Waals surface area contributed by atoms with E-state index in [0.29, 0.717) is 11.4 Å². The van der Waals surface area contributed by atoms with Gasteiger partial charge in [-0.3, -0.25) is 9.69 Å². The zero-order valence-corrected chi connectivity index (χ0v) is 15.4. The van der Waals surface area contributed by atoms with Crippen LogP contribution in [0.5, 0.6) is 0 Å². The van der Waals surface area contributed by atoms with Crippen LogP contribution in [0.25, 0.3) is 0 Å². The minimum Gasteiger partial charge on any atom is -0.389 e. The van der Waals surface area contributed by atoms with Crippen LogP contribution in [0.1, 0.15) is 38.7 Å². The lowest BCUT2D eigenvalue weighted by atomic mass is 9.95. The fraction of sp³-hybridized carbons (Fsp3) is 0.556. The van der Waals surface area contributed by atoms with E-state index in [1.54, 1.807) is 13.0 Å². The van der Waals surface area contributed by atoms with E-state index < -0.39 is 17.7 Å². The molecule has 25 heavy (non-hydrogen) atoms. The molecule has 0 saturated carbocycles. The zero-order valence-electron chi connectivity index (χ0n) is 14.6. The maximum atomic E-state index is 12.5. The molecule has 1 aromatic carbocycles. The SMILES string of the molecule is CCCC[C@]1(C)NC(=O)N(C[C@@H](O)COCc2ccccc2Cl)C1=O. The first-order chi connectivity index (χ1) is 11.9. The molecule has 1 heterocycles. The molecule has 0 radical (unpaired) electrons. The third-order valence-electron chi connectivity index (χ3n) is 4.29. The predicted octanol–water partition coefficient (Wildman–Crippen LogP) is 2.72. The molecule has 1 aromatic rings. The van der Waals surface area contributed by atoms with Crippen molar-refractivity contribution >= 4 is 23.5 Å². The number of rotatable bonds is 9. The number of hydrogen-bond acceptors (Lipinski definition) is 4. The predicted molar refractivity (Wildman–Crippen MR) is 95.3 cm³/mol. The Balaban J connectivity index is 1.83. The lowest BCUT2D eigenvalue weighted by molar-refractivity contribution is -0.132. The Morgan fingerprint density at radius 3 is 2.76 bits per heavy atom. The normalized spacial score (nSPS) is 21.5. The van der Waals surface area contributed by atoms with Crippen molar-refractivity contribution in [2.24, 2.45) is 0 Å². The number of imide groups is 1. The molecule has 138 valence electrons. The van der Waals surface area contributed by atoms with E-state index in [9.17, 15) is 14.7 Å². The quantitative estimate of drug-likeness (QED) is 0.657. The number of carbonyl (C=O) groups is 2. The highest BCUT2D eigenvalue weighted by Crippen LogP contribution is 2.23. The van der Waals surface area contributed by atoms with Gasteiger partial charge in [0.25, 0.3) is 5.91 Å². The third kappa shape index (κ3) is 4.93. The monoisotopic (exact) mass is 368 g/mol. The van der Waals surface area contributed by atoms with Crippen molar-refractivity contribution in [1.82, 2.24) is 10.2 Å². The molecule has 2 N–H and O–H groups in total. The summed E-state index contributed by atoms with van der Waals surface area (Å²) < 4.78 is 5.46. The zero-order chi connectivity index (χ0) is 18.4. The second-order valence-electron chi connectivity index (χ2n) is 6.54. The second-order valence-corrected chi connectivity index (χ2v) is 6.95.